The summed E-state index contributed by atoms with van der Waals surface area (Å²) in [4.78, 5) is 13.8. The van der Waals surface area contributed by atoms with Crippen LogP contribution < -0.4 is 0 Å². The lowest BCUT2D eigenvalue weighted by Gasteiger charge is -2.51. The van der Waals surface area contributed by atoms with Gasteiger partial charge in [-0.3, -0.25) is 4.79 Å². The Labute approximate surface area is 264 Å². The van der Waals surface area contributed by atoms with E-state index in [0.717, 1.165) is 13.5 Å². The minimum atomic E-state index is -0.792. The highest BCUT2D eigenvalue weighted by molar-refractivity contribution is 9.10. The van der Waals surface area contributed by atoms with Crippen molar-refractivity contribution in [2.24, 2.45) is 17.3 Å². The predicted molar refractivity (Wildman–Crippen MR) is 230 cm³/mol. The Balaban J connectivity index is 2.79. The summed E-state index contributed by atoms with van der Waals surface area (Å²) in [5.41, 5.74) is 1.94. The molecule has 0 spiro atoms. The lowest BCUT2D eigenvalue weighted by Crippen LogP contribution is -2.51. The predicted octanol–water partition coefficient (Wildman–Crippen LogP) is 12.8. The number of aliphatic hydroxyl groups excluding tert-OH is 1. The molecule has 2 bridgehead atoms. The van der Waals surface area contributed by atoms with Crippen molar-refractivity contribution in [2.45, 2.75) is 58.8 Å². The van der Waals surface area contributed by atoms with Crippen LogP contribution in [0.1, 0.15) is 40.5 Å². The first-order chi connectivity index (χ1) is 17.5. The maximum atomic E-state index is 13.8. The summed E-state index contributed by atoms with van der Waals surface area (Å²) >= 11 is 0. The van der Waals surface area contributed by atoms with E-state index in [1.54, 1.807) is 0 Å². The molecule has 0 amide bonds. The van der Waals surface area contributed by atoms with Crippen LogP contribution in [-0.2, 0) is 13.8 Å². The molecule has 16 unspecified atom stereocenters. The van der Waals surface area contributed by atoms with Crippen LogP contribution in [0.3, 0.4) is 0 Å². The molecule has 0 aromatic carbocycles. The van der Waals surface area contributed by atoms with Gasteiger partial charge in [0.15, 0.2) is 0 Å². The first kappa shape index (κ1) is 41.6. The summed E-state index contributed by atoms with van der Waals surface area (Å²) in [6.45, 7) is 6.24. The molecule has 0 aliphatic heterocycles. The van der Waals surface area contributed by atoms with E-state index in [1.165, 1.54) is 5.57 Å². The molecule has 2 aliphatic carbocycles. The molecule has 0 heterocycles. The highest BCUT2D eigenvalue weighted by Gasteiger charge is 2.53. The van der Waals surface area contributed by atoms with Crippen LogP contribution in [-0.4, -0.2) is 29.2 Å². The Morgan fingerprint density at radius 1 is 0.921 bits per heavy atom. The van der Waals surface area contributed by atoms with E-state index < -0.39 is 42.1 Å². The molecule has 0 radical (unpaired) electrons. The molecule has 4 nitrogen and oxygen atoms in total. The molecule has 20 atom stereocenters. The third-order valence-electron chi connectivity index (χ3n) is 6.91. The summed E-state index contributed by atoms with van der Waals surface area (Å²) < 4.78 is 14.6. The van der Waals surface area contributed by atoms with Crippen molar-refractivity contribution < 1.29 is 18.9 Å². The van der Waals surface area contributed by atoms with Gasteiger partial charge in [-0.25, -0.2) is 0 Å². The Morgan fingerprint density at radius 3 is 1.92 bits per heavy atom. The van der Waals surface area contributed by atoms with E-state index in [9.17, 15) is 9.90 Å². The third-order valence-corrected chi connectivity index (χ3v) is 94.3. The molecule has 0 saturated heterocycles. The van der Waals surface area contributed by atoms with Gasteiger partial charge in [-0.15, -0.1) is 80.4 Å². The van der Waals surface area contributed by atoms with Crippen molar-refractivity contribution in [3.05, 3.63) is 11.1 Å². The fraction of sp³-hybridized carbons (Fsp3) is 0.800. The highest BCUT2D eigenvalue weighted by atomic mass is 33.1. The summed E-state index contributed by atoms with van der Waals surface area (Å²) in [7, 11) is 29.4. The van der Waals surface area contributed by atoms with Crippen LogP contribution in [0.5, 0.6) is 0 Å². The number of fused-ring (bicyclic) bond motifs is 2. The zero-order chi connectivity index (χ0) is 29.3. The minimum absolute atomic E-state index is 0.0940. The SMILES string of the molecule is CC1=C2[C@@H](OP(P(P)P)P(PP)P(P)P)[C@H](OP(P(P)P)P(P)P(P)P)[C@@H](C)C(=O)CC(C[C@@H]1O)C2(C)C. The standard InChI is InChI=1S/C15H43O4P19/c1-7-10(16)5-9-6-11(17)8(2)13(18-31(33(21)22)37(29)35(25)26)14(12(7)15(9,3)4)19-32(34(23)24)38(30-20)36(27)28/h8-10,13-14,16,30H,5-6,20-29H2,1-4H3/t8-,9?,10-,13+,14+,31?,32?,37?,38?/m0/s1. The molecule has 38 heavy (non-hydrogen) atoms. The molecular weight excluding hydrogens is 833 g/mol. The number of ketones is 1. The van der Waals surface area contributed by atoms with Gasteiger partial charge >= 0.3 is 0 Å². The van der Waals surface area contributed by atoms with Gasteiger partial charge < -0.3 is 14.2 Å². The van der Waals surface area contributed by atoms with E-state index in [4.69, 9.17) is 9.05 Å². The zero-order valence-electron chi connectivity index (χ0n) is 21.8. The first-order valence-corrected chi connectivity index (χ1v) is 44.3. The van der Waals surface area contributed by atoms with Gasteiger partial charge in [0.05, 0.1) is 21.2 Å². The normalized spacial score (nSPS) is 31.9. The Hall–Kier alpha value is 7.46. The van der Waals surface area contributed by atoms with Crippen LogP contribution in [0, 0.1) is 17.3 Å². The number of carbonyl (C=O) groups is 1. The molecule has 0 aromatic rings. The molecule has 2 aliphatic rings. The fourth-order valence-corrected chi connectivity index (χ4v) is 115. The van der Waals surface area contributed by atoms with Gasteiger partial charge in [-0.05, 0) is 63.8 Å². The van der Waals surface area contributed by atoms with E-state index in [-0.39, 0.29) is 56.2 Å². The largest absolute Gasteiger partial charge is 0.389 e. The number of rotatable bonds is 11. The lowest BCUT2D eigenvalue weighted by molar-refractivity contribution is -0.130. The molecule has 1 saturated carbocycles. The summed E-state index contributed by atoms with van der Waals surface area (Å²) in [5, 5.41) is 11.2. The summed E-state index contributed by atoms with van der Waals surface area (Å²) in [6.07, 6.45) is -0.152. The van der Waals surface area contributed by atoms with Gasteiger partial charge in [-0.2, -0.15) is 0 Å². The monoisotopic (exact) mass is 876 g/mol. The second kappa shape index (κ2) is 19.0. The van der Waals surface area contributed by atoms with Crippen LogP contribution in [0.4, 0.5) is 0 Å². The van der Waals surface area contributed by atoms with Crippen molar-refractivity contribution in [1.29, 1.82) is 0 Å². The quantitative estimate of drug-likeness (QED) is 0.166. The average Bonchev–Trinajstić information content (AvgIpc) is 2.80. The van der Waals surface area contributed by atoms with Crippen molar-refractivity contribution in [3.8, 4) is 0 Å². The number of aliphatic hydroxyl groups is 1. The van der Waals surface area contributed by atoms with Gasteiger partial charge in [0.2, 0.25) is 0 Å². The van der Waals surface area contributed by atoms with Crippen LogP contribution in [0.25, 0.3) is 0 Å². The molecule has 0 aromatic heterocycles. The zero-order valence-corrected chi connectivity index (χ0v) is 41.5. The van der Waals surface area contributed by atoms with E-state index in [2.05, 4.69) is 117 Å². The molecular formula is C15H43O4P19. The minimum Gasteiger partial charge on any atom is -0.389 e. The maximum absolute atomic E-state index is 13.8. The second-order valence-electron chi connectivity index (χ2n) is 9.59. The fourth-order valence-electron chi connectivity index (χ4n) is 4.78. The summed E-state index contributed by atoms with van der Waals surface area (Å²) in [5.74, 6) is 0.0660. The molecule has 1 fully saturated rings. The van der Waals surface area contributed by atoms with Crippen molar-refractivity contribution in [1.82, 2.24) is 0 Å². The molecule has 23 heteroatoms. The van der Waals surface area contributed by atoms with Gasteiger partial charge in [0.25, 0.3) is 0 Å². The molecule has 1 N–H and O–H groups in total. The first-order valence-electron chi connectivity index (χ1n) is 11.3. The lowest BCUT2D eigenvalue weighted by atomic mass is 9.59. The highest BCUT2D eigenvalue weighted by Crippen LogP contribution is 3.10. The Morgan fingerprint density at radius 2 is 1.47 bits per heavy atom. The number of carbonyl (C=O) groups excluding carboxylic acids is 1. The van der Waals surface area contributed by atoms with Crippen molar-refractivity contribution in [2.75, 3.05) is 0 Å². The van der Waals surface area contributed by atoms with Crippen LogP contribution >= 0.6 is 154 Å². The van der Waals surface area contributed by atoms with Crippen LogP contribution in [0.15, 0.2) is 11.1 Å². The van der Waals surface area contributed by atoms with Crippen LogP contribution in [0.2, 0.25) is 0 Å². The van der Waals surface area contributed by atoms with Gasteiger partial charge in [-0.1, -0.05) is 37.7 Å². The number of Topliss-reactive ketones (excluding diaryl/α,β-unsaturated/α-hetero) is 1. The Kier molecular flexibility index (Phi) is 20.8. The second-order valence-corrected chi connectivity index (χ2v) is 76.0. The number of hydrogen-bond acceptors (Lipinski definition) is 4. The van der Waals surface area contributed by atoms with Gasteiger partial charge in [0.1, 0.15) is 18.0 Å². The van der Waals surface area contributed by atoms with E-state index >= 15 is 0 Å². The van der Waals surface area contributed by atoms with Crippen molar-refractivity contribution in [3.63, 3.8) is 0 Å². The smallest absolute Gasteiger partial charge is 0.138 e. The topological polar surface area (TPSA) is 55.8 Å². The third kappa shape index (κ3) is 10.7. The van der Waals surface area contributed by atoms with Gasteiger partial charge in [0, 0.05) is 26.3 Å². The Bertz CT molecular complexity index is 841. The van der Waals surface area contributed by atoms with E-state index in [0.29, 0.717) is 12.8 Å². The van der Waals surface area contributed by atoms with Crippen molar-refractivity contribution >= 4 is 160 Å². The number of hydrogen-bond donors (Lipinski definition) is 1. The molecule has 2 rings (SSSR count). The average molecular weight is 876 g/mol. The maximum Gasteiger partial charge on any atom is 0.138 e. The molecule has 222 valence electrons. The summed E-state index contributed by atoms with van der Waals surface area (Å²) in [6, 6.07) is 0. The van der Waals surface area contributed by atoms with E-state index in [1.807, 2.05) is 0 Å².